The summed E-state index contributed by atoms with van der Waals surface area (Å²) in [4.78, 5) is 20.4. The molecular weight excluding hydrogens is 376 g/mol. The Bertz CT molecular complexity index is 310. The maximum absolute atomic E-state index is 10.2. The SMILES string of the molecule is C=C.CCCCCCCCCCCC(=O)O.CCCCCCCCCCCC(=O)O. The summed E-state index contributed by atoms with van der Waals surface area (Å²) in [6, 6.07) is 0. The number of aliphatic carboxylic acids is 2. The first-order valence-corrected chi connectivity index (χ1v) is 12.5. The summed E-state index contributed by atoms with van der Waals surface area (Å²) in [5, 5.41) is 16.8. The van der Waals surface area contributed by atoms with Gasteiger partial charge >= 0.3 is 11.9 Å². The fourth-order valence-corrected chi connectivity index (χ4v) is 3.17. The van der Waals surface area contributed by atoms with E-state index in [1.165, 1.54) is 89.9 Å². The molecule has 0 aromatic carbocycles. The topological polar surface area (TPSA) is 74.6 Å². The Morgan fingerprint density at radius 2 is 0.667 bits per heavy atom. The van der Waals surface area contributed by atoms with Crippen molar-refractivity contribution in [2.45, 2.75) is 142 Å². The van der Waals surface area contributed by atoms with Crippen molar-refractivity contribution in [2.24, 2.45) is 0 Å². The molecule has 4 nitrogen and oxygen atoms in total. The van der Waals surface area contributed by atoms with Crippen molar-refractivity contribution >= 4 is 11.9 Å². The lowest BCUT2D eigenvalue weighted by Gasteiger charge is -2.00. The third-order valence-electron chi connectivity index (χ3n) is 4.99. The lowest BCUT2D eigenvalue weighted by atomic mass is 10.1. The van der Waals surface area contributed by atoms with Crippen LogP contribution in [0.5, 0.6) is 0 Å². The Balaban J connectivity index is -0.000000448. The Labute approximate surface area is 187 Å². The van der Waals surface area contributed by atoms with Gasteiger partial charge in [0.05, 0.1) is 0 Å². The number of hydrogen-bond acceptors (Lipinski definition) is 2. The summed E-state index contributed by atoms with van der Waals surface area (Å²) in [7, 11) is 0. The van der Waals surface area contributed by atoms with Gasteiger partial charge in [-0.25, -0.2) is 0 Å². The molecule has 0 unspecified atom stereocenters. The van der Waals surface area contributed by atoms with E-state index < -0.39 is 11.9 Å². The molecule has 0 aromatic heterocycles. The minimum atomic E-state index is -0.659. The van der Waals surface area contributed by atoms with Gasteiger partial charge in [-0.1, -0.05) is 117 Å². The van der Waals surface area contributed by atoms with Gasteiger partial charge in [0.15, 0.2) is 0 Å². The molecule has 0 aliphatic heterocycles. The van der Waals surface area contributed by atoms with E-state index in [2.05, 4.69) is 27.0 Å². The van der Waals surface area contributed by atoms with E-state index in [0.29, 0.717) is 12.8 Å². The number of rotatable bonds is 20. The highest BCUT2D eigenvalue weighted by molar-refractivity contribution is 5.66. The van der Waals surface area contributed by atoms with Crippen LogP contribution in [0.15, 0.2) is 13.2 Å². The zero-order chi connectivity index (χ0) is 23.3. The number of carboxylic acids is 2. The first-order valence-electron chi connectivity index (χ1n) is 12.5. The van der Waals surface area contributed by atoms with Crippen LogP contribution in [0.1, 0.15) is 142 Å². The zero-order valence-corrected chi connectivity index (χ0v) is 20.3. The van der Waals surface area contributed by atoms with E-state index in [-0.39, 0.29) is 0 Å². The highest BCUT2D eigenvalue weighted by Crippen LogP contribution is 2.11. The van der Waals surface area contributed by atoms with Crippen LogP contribution in [0.25, 0.3) is 0 Å². The van der Waals surface area contributed by atoms with Gasteiger partial charge < -0.3 is 10.2 Å². The van der Waals surface area contributed by atoms with Crippen LogP contribution in [-0.4, -0.2) is 22.2 Å². The van der Waals surface area contributed by atoms with Gasteiger partial charge in [0.2, 0.25) is 0 Å². The van der Waals surface area contributed by atoms with Gasteiger partial charge in [-0.2, -0.15) is 0 Å². The van der Waals surface area contributed by atoms with Crippen molar-refractivity contribution in [3.63, 3.8) is 0 Å². The van der Waals surface area contributed by atoms with Crippen LogP contribution in [0.4, 0.5) is 0 Å². The second kappa shape index (κ2) is 32.3. The van der Waals surface area contributed by atoms with Crippen LogP contribution in [0, 0.1) is 0 Å². The van der Waals surface area contributed by atoms with Gasteiger partial charge in [0, 0.05) is 12.8 Å². The minimum absolute atomic E-state index is 0.343. The molecule has 180 valence electrons. The molecule has 0 saturated carbocycles. The molecule has 0 aromatic rings. The van der Waals surface area contributed by atoms with Crippen LogP contribution in [-0.2, 0) is 9.59 Å². The van der Waals surface area contributed by atoms with Gasteiger partial charge in [0.25, 0.3) is 0 Å². The minimum Gasteiger partial charge on any atom is -0.481 e. The average Bonchev–Trinajstić information content (AvgIpc) is 2.73. The first kappa shape index (κ1) is 33.3. The Kier molecular flexibility index (Phi) is 35.9. The lowest BCUT2D eigenvalue weighted by molar-refractivity contribution is -0.138. The average molecular weight is 429 g/mol. The molecule has 0 rings (SSSR count). The molecule has 0 fully saturated rings. The monoisotopic (exact) mass is 428 g/mol. The quantitative estimate of drug-likeness (QED) is 0.150. The lowest BCUT2D eigenvalue weighted by Crippen LogP contribution is -1.93. The van der Waals surface area contributed by atoms with Crippen LogP contribution in [0.3, 0.4) is 0 Å². The molecule has 2 N–H and O–H groups in total. The van der Waals surface area contributed by atoms with Gasteiger partial charge in [0.1, 0.15) is 0 Å². The number of unbranched alkanes of at least 4 members (excludes halogenated alkanes) is 16. The summed E-state index contributed by atoms with van der Waals surface area (Å²) in [5.41, 5.74) is 0. The number of carboxylic acid groups (broad SMARTS) is 2. The van der Waals surface area contributed by atoms with Crippen molar-refractivity contribution in [1.29, 1.82) is 0 Å². The fourth-order valence-electron chi connectivity index (χ4n) is 3.17. The zero-order valence-electron chi connectivity index (χ0n) is 20.3. The van der Waals surface area contributed by atoms with Crippen molar-refractivity contribution in [3.05, 3.63) is 13.2 Å². The summed E-state index contributed by atoms with van der Waals surface area (Å²) in [6.07, 6.45) is 23.0. The van der Waals surface area contributed by atoms with Gasteiger partial charge in [-0.3, -0.25) is 9.59 Å². The second-order valence-electron chi connectivity index (χ2n) is 7.94. The van der Waals surface area contributed by atoms with Gasteiger partial charge in [-0.05, 0) is 12.8 Å². The molecule has 0 radical (unpaired) electrons. The Morgan fingerprint density at radius 1 is 0.467 bits per heavy atom. The molecule has 0 aliphatic rings. The van der Waals surface area contributed by atoms with E-state index in [0.717, 1.165) is 25.7 Å². The molecule has 0 atom stereocenters. The summed E-state index contributed by atoms with van der Waals surface area (Å²) >= 11 is 0. The van der Waals surface area contributed by atoms with E-state index in [1.807, 2.05) is 0 Å². The molecule has 0 heterocycles. The van der Waals surface area contributed by atoms with E-state index in [9.17, 15) is 9.59 Å². The highest BCUT2D eigenvalue weighted by atomic mass is 16.4. The number of carbonyl (C=O) groups is 2. The smallest absolute Gasteiger partial charge is 0.303 e. The normalized spacial score (nSPS) is 9.80. The molecule has 4 heteroatoms. The molecule has 0 aliphatic carbocycles. The van der Waals surface area contributed by atoms with E-state index in [1.54, 1.807) is 0 Å². The highest BCUT2D eigenvalue weighted by Gasteiger charge is 1.97. The molecule has 0 bridgehead atoms. The fraction of sp³-hybridized carbons (Fsp3) is 0.846. The maximum atomic E-state index is 10.2. The third-order valence-corrected chi connectivity index (χ3v) is 4.99. The van der Waals surface area contributed by atoms with Gasteiger partial charge in [-0.15, -0.1) is 13.2 Å². The Morgan fingerprint density at radius 3 is 0.867 bits per heavy atom. The first-order chi connectivity index (χ1) is 14.5. The van der Waals surface area contributed by atoms with Crippen molar-refractivity contribution in [3.8, 4) is 0 Å². The molecule has 0 amide bonds. The summed E-state index contributed by atoms with van der Waals surface area (Å²) in [6.45, 7) is 10.5. The largest absolute Gasteiger partial charge is 0.481 e. The predicted octanol–water partition coefficient (Wildman–Crippen LogP) is 8.79. The summed E-state index contributed by atoms with van der Waals surface area (Å²) in [5.74, 6) is -1.32. The summed E-state index contributed by atoms with van der Waals surface area (Å²) < 4.78 is 0. The molecule has 30 heavy (non-hydrogen) atoms. The molecular formula is C26H52O4. The predicted molar refractivity (Wildman–Crippen MR) is 130 cm³/mol. The number of hydrogen-bond donors (Lipinski definition) is 2. The van der Waals surface area contributed by atoms with E-state index >= 15 is 0 Å². The third kappa shape index (κ3) is 41.1. The second-order valence-corrected chi connectivity index (χ2v) is 7.94. The van der Waals surface area contributed by atoms with Crippen molar-refractivity contribution in [1.82, 2.24) is 0 Å². The molecule has 0 saturated heterocycles. The van der Waals surface area contributed by atoms with Crippen LogP contribution >= 0.6 is 0 Å². The maximum Gasteiger partial charge on any atom is 0.303 e. The van der Waals surface area contributed by atoms with Crippen LogP contribution < -0.4 is 0 Å². The van der Waals surface area contributed by atoms with Crippen LogP contribution in [0.2, 0.25) is 0 Å². The Hall–Kier alpha value is -1.32. The van der Waals surface area contributed by atoms with Crippen molar-refractivity contribution in [2.75, 3.05) is 0 Å². The molecule has 0 spiro atoms. The van der Waals surface area contributed by atoms with Crippen molar-refractivity contribution < 1.29 is 19.8 Å². The van der Waals surface area contributed by atoms with E-state index in [4.69, 9.17) is 10.2 Å². The standard InChI is InChI=1S/2C12H24O2.C2H4/c2*1-2-3-4-5-6-7-8-9-10-11-12(13)14;1-2/h2*2-11H2,1H3,(H,13,14);1-2H2.